The molecule has 100 valence electrons. The van der Waals surface area contributed by atoms with Crippen LogP contribution in [0.5, 0.6) is 11.5 Å². The molecule has 0 heterocycles. The molecule has 0 spiro atoms. The second-order valence-corrected chi connectivity index (χ2v) is 4.31. The third-order valence-electron chi connectivity index (χ3n) is 3.01. The number of methoxy groups -OCH3 is 2. The number of benzene rings is 2. The summed E-state index contributed by atoms with van der Waals surface area (Å²) in [5, 5.41) is 11.1. The zero-order valence-electron chi connectivity index (χ0n) is 11.1. The SMILES string of the molecule is COc1cc2ccc(C(=O)[C@@H](C)O)cc2cc1OC. The highest BCUT2D eigenvalue weighted by atomic mass is 16.5. The lowest BCUT2D eigenvalue weighted by molar-refractivity contribution is 0.0779. The van der Waals surface area contributed by atoms with Crippen LogP contribution in [0.2, 0.25) is 0 Å². The van der Waals surface area contributed by atoms with Crippen LogP contribution >= 0.6 is 0 Å². The molecule has 0 amide bonds. The number of hydrogen-bond donors (Lipinski definition) is 1. The zero-order valence-corrected chi connectivity index (χ0v) is 11.1. The molecule has 1 atom stereocenters. The summed E-state index contributed by atoms with van der Waals surface area (Å²) in [4.78, 5) is 11.8. The molecule has 0 radical (unpaired) electrons. The van der Waals surface area contributed by atoms with Crippen molar-refractivity contribution in [2.75, 3.05) is 14.2 Å². The van der Waals surface area contributed by atoms with Crippen LogP contribution in [0.3, 0.4) is 0 Å². The Morgan fingerprint density at radius 1 is 1.05 bits per heavy atom. The first-order valence-electron chi connectivity index (χ1n) is 5.95. The molecule has 0 saturated heterocycles. The molecule has 4 nitrogen and oxygen atoms in total. The Morgan fingerprint density at radius 2 is 1.63 bits per heavy atom. The largest absolute Gasteiger partial charge is 0.493 e. The normalized spacial score (nSPS) is 12.2. The topological polar surface area (TPSA) is 55.8 Å². The number of Topliss-reactive ketones (excluding diaryl/α,β-unsaturated/α-hetero) is 1. The Labute approximate surface area is 111 Å². The Bertz CT molecular complexity index is 617. The average Bonchev–Trinajstić information content (AvgIpc) is 2.44. The van der Waals surface area contributed by atoms with E-state index in [0.29, 0.717) is 17.1 Å². The van der Waals surface area contributed by atoms with Gasteiger partial charge in [-0.2, -0.15) is 0 Å². The molecule has 4 heteroatoms. The van der Waals surface area contributed by atoms with Crippen LogP contribution in [-0.2, 0) is 0 Å². The van der Waals surface area contributed by atoms with Gasteiger partial charge in [-0.15, -0.1) is 0 Å². The summed E-state index contributed by atoms with van der Waals surface area (Å²) in [6.07, 6.45) is -1.00. The molecule has 0 aromatic heterocycles. The lowest BCUT2D eigenvalue weighted by atomic mass is 10.0. The maximum absolute atomic E-state index is 11.8. The van der Waals surface area contributed by atoms with Gasteiger partial charge in [0, 0.05) is 5.56 Å². The Balaban J connectivity index is 2.57. The van der Waals surface area contributed by atoms with Crippen molar-refractivity contribution in [3.8, 4) is 11.5 Å². The van der Waals surface area contributed by atoms with Gasteiger partial charge in [0.15, 0.2) is 17.3 Å². The van der Waals surface area contributed by atoms with Gasteiger partial charge in [0.05, 0.1) is 14.2 Å². The van der Waals surface area contributed by atoms with Gasteiger partial charge in [-0.25, -0.2) is 0 Å². The van der Waals surface area contributed by atoms with Crippen molar-refractivity contribution in [3.63, 3.8) is 0 Å². The Morgan fingerprint density at radius 3 is 2.16 bits per heavy atom. The van der Waals surface area contributed by atoms with Crippen molar-refractivity contribution < 1.29 is 19.4 Å². The van der Waals surface area contributed by atoms with E-state index in [1.54, 1.807) is 26.4 Å². The van der Waals surface area contributed by atoms with Crippen molar-refractivity contribution in [1.82, 2.24) is 0 Å². The van der Waals surface area contributed by atoms with Gasteiger partial charge in [0.2, 0.25) is 0 Å². The van der Waals surface area contributed by atoms with Crippen LogP contribution in [0.15, 0.2) is 30.3 Å². The van der Waals surface area contributed by atoms with E-state index in [1.807, 2.05) is 18.2 Å². The summed E-state index contributed by atoms with van der Waals surface area (Å²) in [5.74, 6) is 0.956. The first kappa shape index (κ1) is 13.4. The molecule has 19 heavy (non-hydrogen) atoms. The highest BCUT2D eigenvalue weighted by molar-refractivity contribution is 6.02. The first-order valence-corrected chi connectivity index (χ1v) is 5.95. The first-order chi connectivity index (χ1) is 9.06. The summed E-state index contributed by atoms with van der Waals surface area (Å²) >= 11 is 0. The van der Waals surface area contributed by atoms with Gasteiger partial charge in [-0.3, -0.25) is 4.79 Å². The minimum absolute atomic E-state index is 0.295. The zero-order chi connectivity index (χ0) is 14.0. The second-order valence-electron chi connectivity index (χ2n) is 4.31. The maximum atomic E-state index is 11.8. The number of aliphatic hydroxyl groups is 1. The predicted molar refractivity (Wildman–Crippen MR) is 73.1 cm³/mol. The van der Waals surface area contributed by atoms with Gasteiger partial charge in [0.1, 0.15) is 6.10 Å². The molecule has 0 unspecified atom stereocenters. The highest BCUT2D eigenvalue weighted by Crippen LogP contribution is 2.32. The number of ether oxygens (including phenoxy) is 2. The molecule has 0 aliphatic heterocycles. The number of rotatable bonds is 4. The van der Waals surface area contributed by atoms with Crippen molar-refractivity contribution >= 4 is 16.6 Å². The average molecular weight is 260 g/mol. The van der Waals surface area contributed by atoms with Crippen molar-refractivity contribution in [1.29, 1.82) is 0 Å². The number of carbonyl (C=O) groups excluding carboxylic acids is 1. The van der Waals surface area contributed by atoms with Crippen LogP contribution in [0.1, 0.15) is 17.3 Å². The third-order valence-corrected chi connectivity index (χ3v) is 3.01. The van der Waals surface area contributed by atoms with Crippen molar-refractivity contribution in [2.45, 2.75) is 13.0 Å². The predicted octanol–water partition coefficient (Wildman–Crippen LogP) is 2.42. The van der Waals surface area contributed by atoms with Crippen LogP contribution in [-0.4, -0.2) is 31.2 Å². The molecular weight excluding hydrogens is 244 g/mol. The van der Waals surface area contributed by atoms with E-state index < -0.39 is 6.10 Å². The van der Waals surface area contributed by atoms with Crippen molar-refractivity contribution in [3.05, 3.63) is 35.9 Å². The summed E-state index contributed by atoms with van der Waals surface area (Å²) in [5.41, 5.74) is 0.481. The summed E-state index contributed by atoms with van der Waals surface area (Å²) in [6.45, 7) is 1.46. The van der Waals surface area contributed by atoms with E-state index in [1.165, 1.54) is 6.92 Å². The molecule has 2 rings (SSSR count). The summed E-state index contributed by atoms with van der Waals surface area (Å²) in [6, 6.07) is 8.93. The molecule has 1 N–H and O–H groups in total. The fourth-order valence-corrected chi connectivity index (χ4v) is 1.97. The summed E-state index contributed by atoms with van der Waals surface area (Å²) < 4.78 is 10.5. The van der Waals surface area contributed by atoms with Crippen molar-refractivity contribution in [2.24, 2.45) is 0 Å². The van der Waals surface area contributed by atoms with Gasteiger partial charge in [0.25, 0.3) is 0 Å². The van der Waals surface area contributed by atoms with E-state index in [-0.39, 0.29) is 5.78 Å². The quantitative estimate of drug-likeness (QED) is 0.858. The number of aliphatic hydroxyl groups excluding tert-OH is 1. The van der Waals surface area contributed by atoms with Gasteiger partial charge >= 0.3 is 0 Å². The molecule has 2 aromatic rings. The van der Waals surface area contributed by atoms with Crippen LogP contribution in [0, 0.1) is 0 Å². The maximum Gasteiger partial charge on any atom is 0.190 e. The fourth-order valence-electron chi connectivity index (χ4n) is 1.97. The van der Waals surface area contributed by atoms with E-state index >= 15 is 0 Å². The standard InChI is InChI=1S/C15H16O4/c1-9(16)15(17)11-5-4-10-7-13(18-2)14(19-3)8-12(10)6-11/h4-9,16H,1-3H3/t9-/m1/s1. The van der Waals surface area contributed by atoms with Crippen LogP contribution in [0.25, 0.3) is 10.8 Å². The minimum atomic E-state index is -1.00. The van der Waals surface area contributed by atoms with Gasteiger partial charge < -0.3 is 14.6 Å². The van der Waals surface area contributed by atoms with Gasteiger partial charge in [-0.05, 0) is 35.9 Å². The Hall–Kier alpha value is -2.07. The molecule has 2 aromatic carbocycles. The molecule has 0 bridgehead atoms. The lowest BCUT2D eigenvalue weighted by Gasteiger charge is -2.10. The fraction of sp³-hybridized carbons (Fsp3) is 0.267. The second kappa shape index (κ2) is 5.28. The smallest absolute Gasteiger partial charge is 0.190 e. The highest BCUT2D eigenvalue weighted by Gasteiger charge is 2.13. The summed E-state index contributed by atoms with van der Waals surface area (Å²) in [7, 11) is 3.14. The van der Waals surface area contributed by atoms with Gasteiger partial charge in [-0.1, -0.05) is 12.1 Å². The lowest BCUT2D eigenvalue weighted by Crippen LogP contribution is -2.15. The van der Waals surface area contributed by atoms with Crippen LogP contribution < -0.4 is 9.47 Å². The van der Waals surface area contributed by atoms with Crippen LogP contribution in [0.4, 0.5) is 0 Å². The number of carbonyl (C=O) groups is 1. The molecule has 0 aliphatic rings. The molecule has 0 aliphatic carbocycles. The number of fused-ring (bicyclic) bond motifs is 1. The van der Waals surface area contributed by atoms with E-state index in [9.17, 15) is 9.90 Å². The van der Waals surface area contributed by atoms with E-state index in [2.05, 4.69) is 0 Å². The minimum Gasteiger partial charge on any atom is -0.493 e. The molecular formula is C15H16O4. The van der Waals surface area contributed by atoms with E-state index in [0.717, 1.165) is 10.8 Å². The molecule has 0 fully saturated rings. The number of hydrogen-bond acceptors (Lipinski definition) is 4. The monoisotopic (exact) mass is 260 g/mol. The third kappa shape index (κ3) is 2.53. The van der Waals surface area contributed by atoms with E-state index in [4.69, 9.17) is 9.47 Å². The number of ketones is 1. The Kier molecular flexibility index (Phi) is 3.71. The molecule has 0 saturated carbocycles.